The maximum Gasteiger partial charge on any atom is 0.226 e. The number of aryl methyl sites for hydroxylation is 1. The molecule has 0 bridgehead atoms. The molecule has 132 valence electrons. The number of fused-ring (bicyclic) bond motifs is 1. The van der Waals surface area contributed by atoms with Crippen molar-refractivity contribution in [2.45, 2.75) is 19.4 Å². The highest BCUT2D eigenvalue weighted by Gasteiger charge is 2.16. The van der Waals surface area contributed by atoms with Crippen molar-refractivity contribution in [3.63, 3.8) is 0 Å². The third-order valence-electron chi connectivity index (χ3n) is 3.87. The van der Waals surface area contributed by atoms with E-state index in [1.165, 1.54) is 0 Å². The highest BCUT2D eigenvalue weighted by Crippen LogP contribution is 2.24. The first kappa shape index (κ1) is 17.7. The van der Waals surface area contributed by atoms with Crippen LogP contribution in [0.2, 0.25) is 0 Å². The van der Waals surface area contributed by atoms with Crippen LogP contribution < -0.4 is 22.5 Å². The fraction of sp³-hybridized carbons (Fsp3) is 0.312. The largest absolute Gasteiger partial charge is 0.398 e. The summed E-state index contributed by atoms with van der Waals surface area (Å²) in [4.78, 5) is 13.4. The van der Waals surface area contributed by atoms with E-state index in [1.807, 2.05) is 30.7 Å². The van der Waals surface area contributed by atoms with E-state index in [0.717, 1.165) is 20.6 Å². The van der Waals surface area contributed by atoms with E-state index in [9.17, 15) is 0 Å². The van der Waals surface area contributed by atoms with Crippen LogP contribution in [0, 0.1) is 3.57 Å². The smallest absolute Gasteiger partial charge is 0.226 e. The van der Waals surface area contributed by atoms with Gasteiger partial charge in [0, 0.05) is 35.3 Å². The lowest BCUT2D eigenvalue weighted by Gasteiger charge is -2.08. The van der Waals surface area contributed by atoms with Crippen LogP contribution >= 0.6 is 22.6 Å². The molecule has 1 aromatic carbocycles. The van der Waals surface area contributed by atoms with Crippen LogP contribution in [0.25, 0.3) is 11.2 Å². The van der Waals surface area contributed by atoms with Gasteiger partial charge in [-0.15, -0.1) is 0 Å². The van der Waals surface area contributed by atoms with Crippen molar-refractivity contribution in [2.24, 2.45) is 12.8 Å². The van der Waals surface area contributed by atoms with Gasteiger partial charge in [-0.05, 0) is 53.3 Å². The van der Waals surface area contributed by atoms with Gasteiger partial charge < -0.3 is 27.1 Å². The monoisotopic (exact) mass is 452 g/mol. The Labute approximate surface area is 159 Å². The number of rotatable bonds is 5. The van der Waals surface area contributed by atoms with Gasteiger partial charge in [-0.25, -0.2) is 4.98 Å². The summed E-state index contributed by atoms with van der Waals surface area (Å²) in [6.07, 6.45) is 0.595. The van der Waals surface area contributed by atoms with Crippen molar-refractivity contribution in [1.82, 2.24) is 19.5 Å². The van der Waals surface area contributed by atoms with Crippen molar-refractivity contribution in [1.29, 1.82) is 0 Å². The quantitative estimate of drug-likeness (QED) is 0.340. The molecule has 0 spiro atoms. The Balaban J connectivity index is 1.98. The summed E-state index contributed by atoms with van der Waals surface area (Å²) >= 11 is 2.27. The van der Waals surface area contributed by atoms with Gasteiger partial charge in [-0.2, -0.15) is 9.97 Å². The van der Waals surface area contributed by atoms with Gasteiger partial charge in [0.2, 0.25) is 5.95 Å². The number of aromatic nitrogens is 4. The number of anilines is 3. The van der Waals surface area contributed by atoms with Crippen LogP contribution in [-0.4, -0.2) is 32.1 Å². The van der Waals surface area contributed by atoms with Crippen LogP contribution in [0.1, 0.15) is 18.3 Å². The van der Waals surface area contributed by atoms with E-state index >= 15 is 0 Å². The van der Waals surface area contributed by atoms with Crippen LogP contribution in [-0.2, 0) is 13.5 Å². The zero-order chi connectivity index (χ0) is 18.1. The summed E-state index contributed by atoms with van der Waals surface area (Å²) in [5.41, 5.74) is 20.9. The summed E-state index contributed by atoms with van der Waals surface area (Å²) in [7, 11) is 1.91. The highest BCUT2D eigenvalue weighted by atomic mass is 127. The molecule has 0 saturated carbocycles. The fourth-order valence-corrected chi connectivity index (χ4v) is 3.07. The third kappa shape index (κ3) is 3.76. The van der Waals surface area contributed by atoms with Gasteiger partial charge in [-0.1, -0.05) is 0 Å². The molecular formula is C16H21IN8. The van der Waals surface area contributed by atoms with E-state index in [-0.39, 0.29) is 6.04 Å². The molecule has 0 saturated heterocycles. The van der Waals surface area contributed by atoms with Gasteiger partial charge in [0.05, 0.1) is 0 Å². The number of nitrogens with one attached hydrogen (secondary N) is 1. The summed E-state index contributed by atoms with van der Waals surface area (Å²) in [5.74, 6) is 1.62. The van der Waals surface area contributed by atoms with E-state index < -0.39 is 0 Å². The molecule has 1 atom stereocenters. The van der Waals surface area contributed by atoms with Gasteiger partial charge >= 0.3 is 0 Å². The third-order valence-corrected chi connectivity index (χ3v) is 4.55. The van der Waals surface area contributed by atoms with Crippen LogP contribution in [0.3, 0.4) is 0 Å². The summed E-state index contributed by atoms with van der Waals surface area (Å²) in [6, 6.07) is 5.93. The van der Waals surface area contributed by atoms with E-state index in [4.69, 9.17) is 17.2 Å². The Morgan fingerprint density at radius 1 is 1.24 bits per heavy atom. The first-order chi connectivity index (χ1) is 11.8. The van der Waals surface area contributed by atoms with Gasteiger partial charge in [0.15, 0.2) is 17.0 Å². The number of hydrogen-bond donors (Lipinski definition) is 4. The minimum absolute atomic E-state index is 0.00820. The molecule has 2 aromatic heterocycles. The predicted octanol–water partition coefficient (Wildman–Crippen LogP) is 1.48. The topological polar surface area (TPSA) is 134 Å². The highest BCUT2D eigenvalue weighted by molar-refractivity contribution is 14.1. The molecule has 8 nitrogen and oxygen atoms in total. The molecule has 0 aliphatic carbocycles. The molecule has 3 rings (SSSR count). The Morgan fingerprint density at radius 3 is 2.72 bits per heavy atom. The number of nitrogens with two attached hydrogens (primary N) is 3. The zero-order valence-corrected chi connectivity index (χ0v) is 16.3. The Hall–Kier alpha value is -2.14. The van der Waals surface area contributed by atoms with Crippen LogP contribution in [0.15, 0.2) is 18.2 Å². The fourth-order valence-electron chi connectivity index (χ4n) is 2.51. The molecule has 0 fully saturated rings. The number of hydrogen-bond acceptors (Lipinski definition) is 7. The normalized spacial score (nSPS) is 12.5. The molecule has 0 amide bonds. The summed E-state index contributed by atoms with van der Waals surface area (Å²) < 4.78 is 3.05. The maximum atomic E-state index is 6.09. The van der Waals surface area contributed by atoms with E-state index in [2.05, 4.69) is 48.9 Å². The lowest BCUT2D eigenvalue weighted by atomic mass is 10.1. The molecule has 7 N–H and O–H groups in total. The standard InChI is InChI=1S/C16H21IN8/c1-8(18)7-21-16-23-14(20)13-15(24-16)25(2)12(22-13)6-9-5-10(17)3-4-11(9)19/h3-5,8H,6-7,18-19H2,1-2H3,(H3,20,21,23,24). The van der Waals surface area contributed by atoms with Gasteiger partial charge in [0.1, 0.15) is 5.82 Å². The second-order valence-electron chi connectivity index (χ2n) is 6.07. The number of halogens is 1. The minimum Gasteiger partial charge on any atom is -0.398 e. The van der Waals surface area contributed by atoms with Crippen LogP contribution in [0.4, 0.5) is 17.5 Å². The Bertz CT molecular complexity index is 918. The van der Waals surface area contributed by atoms with Gasteiger partial charge in [-0.3, -0.25) is 0 Å². The maximum absolute atomic E-state index is 6.09. The van der Waals surface area contributed by atoms with E-state index in [1.54, 1.807) is 0 Å². The molecule has 0 aliphatic heterocycles. The molecule has 1 unspecified atom stereocenters. The number of benzene rings is 1. The minimum atomic E-state index is -0.00820. The molecule has 0 radical (unpaired) electrons. The predicted molar refractivity (Wildman–Crippen MR) is 109 cm³/mol. The molecule has 9 heteroatoms. The van der Waals surface area contributed by atoms with Crippen molar-refractivity contribution >= 4 is 51.2 Å². The van der Waals surface area contributed by atoms with Crippen molar-refractivity contribution in [3.05, 3.63) is 33.2 Å². The van der Waals surface area contributed by atoms with E-state index in [0.29, 0.717) is 35.9 Å². The lowest BCUT2D eigenvalue weighted by molar-refractivity contribution is 0.773. The molecule has 25 heavy (non-hydrogen) atoms. The number of imidazole rings is 1. The average Bonchev–Trinajstić information content (AvgIpc) is 2.86. The molecule has 3 aromatic rings. The van der Waals surface area contributed by atoms with Gasteiger partial charge in [0.25, 0.3) is 0 Å². The van der Waals surface area contributed by atoms with Crippen molar-refractivity contribution < 1.29 is 0 Å². The Kier molecular flexibility index (Phi) is 4.95. The second kappa shape index (κ2) is 7.00. The first-order valence-corrected chi connectivity index (χ1v) is 8.95. The second-order valence-corrected chi connectivity index (χ2v) is 7.32. The average molecular weight is 452 g/mol. The lowest BCUT2D eigenvalue weighted by Crippen LogP contribution is -2.26. The Morgan fingerprint density at radius 2 is 2.00 bits per heavy atom. The summed E-state index contributed by atoms with van der Waals surface area (Å²) in [5, 5.41) is 3.09. The number of nitrogen functional groups attached to an aromatic ring is 2. The molecular weight excluding hydrogens is 431 g/mol. The van der Waals surface area contributed by atoms with Crippen molar-refractivity contribution in [2.75, 3.05) is 23.3 Å². The number of nitrogens with zero attached hydrogens (tertiary/aromatic N) is 4. The summed E-state index contributed by atoms with van der Waals surface area (Å²) in [6.45, 7) is 2.47. The molecule has 2 heterocycles. The van der Waals surface area contributed by atoms with Crippen molar-refractivity contribution in [3.8, 4) is 0 Å². The van der Waals surface area contributed by atoms with Crippen LogP contribution in [0.5, 0.6) is 0 Å². The molecule has 0 aliphatic rings. The SMILES string of the molecule is CC(N)CNc1nc(N)c2nc(Cc3cc(I)ccc3N)n(C)c2n1. The zero-order valence-electron chi connectivity index (χ0n) is 14.1. The first-order valence-electron chi connectivity index (χ1n) is 7.87.